The standard InChI is InChI=1S/C20H20N2O3S/c23-20(24)22-9-7-16(18(22)12-19-21-8-10-26-19)13-25-17-6-5-14-3-1-2-4-15(14)11-17/h1-6,8,10-11,16,18H,7,9,12-13H2,(H,23,24)/t16?,18-/m0/s1. The predicted octanol–water partition coefficient (Wildman–Crippen LogP) is 4.29. The molecule has 1 aliphatic rings. The Balaban J connectivity index is 1.47. The summed E-state index contributed by atoms with van der Waals surface area (Å²) in [6.45, 7) is 1.06. The van der Waals surface area contributed by atoms with Gasteiger partial charge in [0.15, 0.2) is 0 Å². The molecule has 0 aliphatic carbocycles. The second kappa shape index (κ2) is 7.33. The molecule has 2 atom stereocenters. The van der Waals surface area contributed by atoms with E-state index < -0.39 is 6.09 Å². The van der Waals surface area contributed by atoms with Crippen molar-refractivity contribution in [1.29, 1.82) is 0 Å². The van der Waals surface area contributed by atoms with Crippen LogP contribution >= 0.6 is 11.3 Å². The normalized spacial score (nSPS) is 19.8. The molecule has 26 heavy (non-hydrogen) atoms. The number of carboxylic acid groups (broad SMARTS) is 1. The number of nitrogens with zero attached hydrogens (tertiary/aromatic N) is 2. The highest BCUT2D eigenvalue weighted by Gasteiger charge is 2.38. The van der Waals surface area contributed by atoms with E-state index in [0.29, 0.717) is 19.6 Å². The molecule has 5 nitrogen and oxygen atoms in total. The summed E-state index contributed by atoms with van der Waals surface area (Å²) in [5.41, 5.74) is 0. The Labute approximate surface area is 155 Å². The Kier molecular flexibility index (Phi) is 4.75. The molecule has 0 spiro atoms. The van der Waals surface area contributed by atoms with E-state index in [1.165, 1.54) is 10.3 Å². The van der Waals surface area contributed by atoms with E-state index in [1.807, 2.05) is 29.6 Å². The number of thiazole rings is 1. The Bertz CT molecular complexity index is 897. The lowest BCUT2D eigenvalue weighted by Gasteiger charge is -2.25. The molecule has 3 aromatic rings. The monoisotopic (exact) mass is 368 g/mol. The van der Waals surface area contributed by atoms with Crippen LogP contribution in [-0.2, 0) is 6.42 Å². The molecule has 1 unspecified atom stereocenters. The summed E-state index contributed by atoms with van der Waals surface area (Å²) in [7, 11) is 0. The molecule has 6 heteroatoms. The maximum absolute atomic E-state index is 11.6. The maximum atomic E-state index is 11.6. The molecule has 0 radical (unpaired) electrons. The van der Waals surface area contributed by atoms with Crippen molar-refractivity contribution in [3.63, 3.8) is 0 Å². The lowest BCUT2D eigenvalue weighted by atomic mass is 9.99. The third kappa shape index (κ3) is 3.51. The van der Waals surface area contributed by atoms with Gasteiger partial charge in [-0.15, -0.1) is 11.3 Å². The molecule has 1 aromatic heterocycles. The summed E-state index contributed by atoms with van der Waals surface area (Å²) in [6, 6.07) is 14.1. The number of rotatable bonds is 5. The van der Waals surface area contributed by atoms with Crippen molar-refractivity contribution in [3.05, 3.63) is 59.0 Å². The van der Waals surface area contributed by atoms with Gasteiger partial charge in [-0.3, -0.25) is 0 Å². The fraction of sp³-hybridized carbons (Fsp3) is 0.300. The highest BCUT2D eigenvalue weighted by atomic mass is 32.1. The first-order chi connectivity index (χ1) is 12.7. The Morgan fingerprint density at radius 3 is 2.88 bits per heavy atom. The molecular weight excluding hydrogens is 348 g/mol. The lowest BCUT2D eigenvalue weighted by Crippen LogP contribution is -2.39. The van der Waals surface area contributed by atoms with Gasteiger partial charge in [-0.2, -0.15) is 0 Å². The molecule has 2 heterocycles. The van der Waals surface area contributed by atoms with Crippen LogP contribution in [0.1, 0.15) is 11.4 Å². The number of aromatic nitrogens is 1. The average Bonchev–Trinajstić information content (AvgIpc) is 3.30. The lowest BCUT2D eigenvalue weighted by molar-refractivity contribution is 0.127. The average molecular weight is 368 g/mol. The minimum Gasteiger partial charge on any atom is -0.493 e. The van der Waals surface area contributed by atoms with Gasteiger partial charge in [0.2, 0.25) is 0 Å². The summed E-state index contributed by atoms with van der Waals surface area (Å²) < 4.78 is 6.04. The van der Waals surface area contributed by atoms with Crippen LogP contribution in [0.4, 0.5) is 4.79 Å². The van der Waals surface area contributed by atoms with E-state index in [2.05, 4.69) is 23.2 Å². The number of fused-ring (bicyclic) bond motifs is 1. The van der Waals surface area contributed by atoms with Gasteiger partial charge in [0.25, 0.3) is 0 Å². The van der Waals surface area contributed by atoms with Gasteiger partial charge in [0.1, 0.15) is 5.75 Å². The third-order valence-electron chi connectivity index (χ3n) is 4.98. The SMILES string of the molecule is O=C(O)N1CCC(COc2ccc3ccccc3c2)[C@@H]1Cc1nccs1. The largest absolute Gasteiger partial charge is 0.493 e. The smallest absolute Gasteiger partial charge is 0.407 e. The van der Waals surface area contributed by atoms with E-state index in [-0.39, 0.29) is 12.0 Å². The summed E-state index contributed by atoms with van der Waals surface area (Å²) in [6.07, 6.45) is 2.37. The van der Waals surface area contributed by atoms with Crippen LogP contribution in [0.2, 0.25) is 0 Å². The predicted molar refractivity (Wildman–Crippen MR) is 102 cm³/mol. The Morgan fingerprint density at radius 1 is 1.27 bits per heavy atom. The van der Waals surface area contributed by atoms with Gasteiger partial charge < -0.3 is 14.7 Å². The zero-order valence-corrected chi connectivity index (χ0v) is 15.1. The van der Waals surface area contributed by atoms with E-state index >= 15 is 0 Å². The minimum atomic E-state index is -0.861. The number of ether oxygens (including phenoxy) is 1. The van der Waals surface area contributed by atoms with Crippen LogP contribution in [-0.4, -0.2) is 40.3 Å². The van der Waals surface area contributed by atoms with Crippen molar-refractivity contribution in [3.8, 4) is 5.75 Å². The van der Waals surface area contributed by atoms with Gasteiger partial charge in [0.05, 0.1) is 11.6 Å². The second-order valence-corrected chi connectivity index (χ2v) is 7.52. The van der Waals surface area contributed by atoms with Crippen LogP contribution < -0.4 is 4.74 Å². The van der Waals surface area contributed by atoms with Gasteiger partial charge in [0, 0.05) is 36.5 Å². The molecule has 0 saturated carbocycles. The fourth-order valence-electron chi connectivity index (χ4n) is 3.62. The summed E-state index contributed by atoms with van der Waals surface area (Å²) >= 11 is 1.57. The molecule has 1 aliphatic heterocycles. The van der Waals surface area contributed by atoms with Gasteiger partial charge in [-0.25, -0.2) is 9.78 Å². The first kappa shape index (κ1) is 16.8. The first-order valence-corrected chi connectivity index (χ1v) is 9.58. The molecule has 1 N–H and O–H groups in total. The van der Waals surface area contributed by atoms with Crippen molar-refractivity contribution < 1.29 is 14.6 Å². The maximum Gasteiger partial charge on any atom is 0.407 e. The summed E-state index contributed by atoms with van der Waals surface area (Å²) in [5.74, 6) is 0.993. The second-order valence-electron chi connectivity index (χ2n) is 6.54. The van der Waals surface area contributed by atoms with Gasteiger partial charge in [-0.05, 0) is 29.3 Å². The van der Waals surface area contributed by atoms with Gasteiger partial charge in [-0.1, -0.05) is 30.3 Å². The number of carbonyl (C=O) groups is 1. The van der Waals surface area contributed by atoms with Crippen LogP contribution in [0.15, 0.2) is 54.0 Å². The topological polar surface area (TPSA) is 62.7 Å². The van der Waals surface area contributed by atoms with Crippen LogP contribution in [0.5, 0.6) is 5.75 Å². The minimum absolute atomic E-state index is 0.0842. The molecule has 0 bridgehead atoms. The van der Waals surface area contributed by atoms with Crippen LogP contribution in [0, 0.1) is 5.92 Å². The zero-order valence-electron chi connectivity index (χ0n) is 14.2. The van der Waals surface area contributed by atoms with E-state index in [9.17, 15) is 9.90 Å². The molecule has 4 rings (SSSR count). The third-order valence-corrected chi connectivity index (χ3v) is 5.79. The van der Waals surface area contributed by atoms with Crippen molar-refractivity contribution in [2.75, 3.05) is 13.2 Å². The highest BCUT2D eigenvalue weighted by Crippen LogP contribution is 2.29. The molecular formula is C20H20N2O3S. The van der Waals surface area contributed by atoms with Crippen LogP contribution in [0.3, 0.4) is 0 Å². The zero-order chi connectivity index (χ0) is 17.9. The molecule has 2 aromatic carbocycles. The fourth-order valence-corrected chi connectivity index (χ4v) is 4.29. The Morgan fingerprint density at radius 2 is 2.12 bits per heavy atom. The molecule has 1 saturated heterocycles. The van der Waals surface area contributed by atoms with Crippen molar-refractivity contribution in [2.45, 2.75) is 18.9 Å². The van der Waals surface area contributed by atoms with E-state index in [1.54, 1.807) is 17.5 Å². The van der Waals surface area contributed by atoms with Gasteiger partial charge >= 0.3 is 6.09 Å². The Hall–Kier alpha value is -2.60. The first-order valence-electron chi connectivity index (χ1n) is 8.70. The number of likely N-dealkylation sites (tertiary alicyclic amines) is 1. The van der Waals surface area contributed by atoms with Crippen molar-refractivity contribution >= 4 is 28.2 Å². The summed E-state index contributed by atoms with van der Waals surface area (Å²) in [4.78, 5) is 17.4. The van der Waals surface area contributed by atoms with Crippen molar-refractivity contribution in [2.24, 2.45) is 5.92 Å². The van der Waals surface area contributed by atoms with E-state index in [0.717, 1.165) is 22.6 Å². The molecule has 1 fully saturated rings. The quantitative estimate of drug-likeness (QED) is 0.730. The summed E-state index contributed by atoms with van der Waals surface area (Å²) in [5, 5.41) is 14.7. The molecule has 1 amide bonds. The highest BCUT2D eigenvalue weighted by molar-refractivity contribution is 7.09. The number of hydrogen-bond acceptors (Lipinski definition) is 4. The number of hydrogen-bond donors (Lipinski definition) is 1. The number of benzene rings is 2. The molecule has 134 valence electrons. The van der Waals surface area contributed by atoms with Crippen molar-refractivity contribution in [1.82, 2.24) is 9.88 Å². The number of amides is 1. The van der Waals surface area contributed by atoms with Crippen LogP contribution in [0.25, 0.3) is 10.8 Å². The van der Waals surface area contributed by atoms with E-state index in [4.69, 9.17) is 4.74 Å².